The summed E-state index contributed by atoms with van der Waals surface area (Å²) in [7, 11) is 0. The minimum Gasteiger partial charge on any atom is -0.492 e. The fourth-order valence-electron chi connectivity index (χ4n) is 7.73. The molecule has 3 aromatic carbocycles. The van der Waals surface area contributed by atoms with Crippen LogP contribution in [0.5, 0.6) is 17.2 Å². The first-order valence-corrected chi connectivity index (χ1v) is 19.4. The lowest BCUT2D eigenvalue weighted by molar-refractivity contribution is 0.0800. The molecule has 3 atom stereocenters. The van der Waals surface area contributed by atoms with E-state index in [1.807, 2.05) is 36.4 Å². The molecule has 7 rings (SSSR count). The standard InChI is InChI=1S/C42H46Cl2N4O5/c43-35-20-29(25-47-36-8-3-9-37(36)50)40(52-26-28-19-27(22-45)23-46-24-28)21-41(35)53-38-12-11-32-31(5-1-6-33(32)38)34-7-2-10-39(42(34)44)51-18-4-15-48-16-13-30(49)14-17-48/h1-2,5-7,10,19-21,23-24,30,36-38,47,49-50H,3-4,8-9,11-18,25-26H2/t36-,37+,38+/m1/s1. The van der Waals surface area contributed by atoms with Crippen molar-refractivity contribution < 1.29 is 24.4 Å². The van der Waals surface area contributed by atoms with Crippen molar-refractivity contribution in [1.29, 1.82) is 5.26 Å². The Morgan fingerprint density at radius 1 is 0.906 bits per heavy atom. The predicted molar refractivity (Wildman–Crippen MR) is 206 cm³/mol. The second-order valence-electron chi connectivity index (χ2n) is 14.3. The van der Waals surface area contributed by atoms with Gasteiger partial charge in [0.25, 0.3) is 0 Å². The molecule has 1 saturated carbocycles. The van der Waals surface area contributed by atoms with Gasteiger partial charge in [0, 0.05) is 67.4 Å². The summed E-state index contributed by atoms with van der Waals surface area (Å²) in [6.07, 6.45) is 9.28. The highest BCUT2D eigenvalue weighted by atomic mass is 35.5. The van der Waals surface area contributed by atoms with E-state index < -0.39 is 0 Å². The maximum Gasteiger partial charge on any atom is 0.142 e. The van der Waals surface area contributed by atoms with Gasteiger partial charge in [0.1, 0.15) is 36.0 Å². The van der Waals surface area contributed by atoms with E-state index >= 15 is 0 Å². The Morgan fingerprint density at radius 3 is 2.55 bits per heavy atom. The molecule has 2 aliphatic carbocycles. The molecule has 1 aliphatic heterocycles. The molecule has 53 heavy (non-hydrogen) atoms. The number of ether oxygens (including phenoxy) is 3. The number of rotatable bonds is 14. The van der Waals surface area contributed by atoms with Crippen LogP contribution in [0.3, 0.4) is 0 Å². The minimum absolute atomic E-state index is 0.0139. The summed E-state index contributed by atoms with van der Waals surface area (Å²) in [6.45, 7) is 4.04. The van der Waals surface area contributed by atoms with Crippen molar-refractivity contribution in [2.24, 2.45) is 0 Å². The molecule has 0 bridgehead atoms. The molecule has 0 amide bonds. The number of aromatic nitrogens is 1. The van der Waals surface area contributed by atoms with Gasteiger partial charge in [0.15, 0.2) is 0 Å². The first-order chi connectivity index (χ1) is 25.9. The van der Waals surface area contributed by atoms with Crippen molar-refractivity contribution in [2.75, 3.05) is 26.2 Å². The first-order valence-electron chi connectivity index (χ1n) is 18.7. The van der Waals surface area contributed by atoms with Crippen molar-refractivity contribution >= 4 is 23.2 Å². The van der Waals surface area contributed by atoms with Crippen molar-refractivity contribution in [2.45, 2.75) is 88.9 Å². The Balaban J connectivity index is 1.06. The van der Waals surface area contributed by atoms with Gasteiger partial charge in [-0.3, -0.25) is 4.98 Å². The lowest BCUT2D eigenvalue weighted by atomic mass is 9.96. The number of halogens is 2. The number of likely N-dealkylation sites (tertiary alicyclic amines) is 1. The average molecular weight is 758 g/mol. The van der Waals surface area contributed by atoms with Gasteiger partial charge in [0.2, 0.25) is 0 Å². The number of nitriles is 1. The van der Waals surface area contributed by atoms with Gasteiger partial charge >= 0.3 is 0 Å². The molecule has 2 heterocycles. The third-order valence-corrected chi connectivity index (χ3v) is 11.3. The zero-order valence-electron chi connectivity index (χ0n) is 29.8. The van der Waals surface area contributed by atoms with Crippen LogP contribution in [0, 0.1) is 11.3 Å². The maximum atomic E-state index is 10.4. The van der Waals surface area contributed by atoms with Crippen LogP contribution >= 0.6 is 23.2 Å². The number of nitrogens with zero attached hydrogens (tertiary/aromatic N) is 3. The van der Waals surface area contributed by atoms with E-state index in [2.05, 4.69) is 33.4 Å². The lowest BCUT2D eigenvalue weighted by Gasteiger charge is -2.29. The van der Waals surface area contributed by atoms with Gasteiger partial charge in [-0.25, -0.2) is 0 Å². The van der Waals surface area contributed by atoms with Gasteiger partial charge in [-0.2, -0.15) is 5.26 Å². The van der Waals surface area contributed by atoms with Gasteiger partial charge in [-0.1, -0.05) is 53.5 Å². The Kier molecular flexibility index (Phi) is 12.4. The van der Waals surface area contributed by atoms with Crippen LogP contribution in [0.15, 0.2) is 67.0 Å². The number of piperidine rings is 1. The molecule has 3 aliphatic rings. The molecular weight excluding hydrogens is 711 g/mol. The molecular formula is C42H46Cl2N4O5. The van der Waals surface area contributed by atoms with Crippen LogP contribution in [0.2, 0.25) is 10.0 Å². The summed E-state index contributed by atoms with van der Waals surface area (Å²) in [4.78, 5) is 6.55. The highest BCUT2D eigenvalue weighted by Gasteiger charge is 2.29. The van der Waals surface area contributed by atoms with Crippen LogP contribution in [0.1, 0.15) is 78.9 Å². The zero-order valence-corrected chi connectivity index (χ0v) is 31.3. The second kappa shape index (κ2) is 17.5. The average Bonchev–Trinajstić information content (AvgIpc) is 3.79. The van der Waals surface area contributed by atoms with Crippen LogP contribution in [0.25, 0.3) is 11.1 Å². The molecule has 1 saturated heterocycles. The van der Waals surface area contributed by atoms with E-state index in [1.165, 1.54) is 11.8 Å². The highest BCUT2D eigenvalue weighted by Crippen LogP contribution is 2.45. The molecule has 3 N–H and O–H groups in total. The fraction of sp³-hybridized carbons (Fsp3) is 0.429. The largest absolute Gasteiger partial charge is 0.492 e. The molecule has 9 nitrogen and oxygen atoms in total. The number of hydrogen-bond acceptors (Lipinski definition) is 9. The topological polar surface area (TPSA) is 120 Å². The maximum absolute atomic E-state index is 10.4. The molecule has 11 heteroatoms. The summed E-state index contributed by atoms with van der Waals surface area (Å²) >= 11 is 13.9. The number of pyridine rings is 1. The number of aliphatic hydroxyl groups is 2. The monoisotopic (exact) mass is 756 g/mol. The number of benzene rings is 3. The Labute approximate surface area is 321 Å². The molecule has 0 unspecified atom stereocenters. The second-order valence-corrected chi connectivity index (χ2v) is 15.1. The van der Waals surface area contributed by atoms with E-state index in [-0.39, 0.29) is 31.0 Å². The first kappa shape index (κ1) is 37.4. The summed E-state index contributed by atoms with van der Waals surface area (Å²) in [5, 5.41) is 34.1. The Bertz CT molecular complexity index is 1930. The van der Waals surface area contributed by atoms with Crippen molar-refractivity contribution in [3.05, 3.63) is 105 Å². The van der Waals surface area contributed by atoms with Crippen molar-refractivity contribution in [1.82, 2.24) is 15.2 Å². The number of aliphatic hydroxyl groups excluding tert-OH is 2. The van der Waals surface area contributed by atoms with E-state index in [0.717, 1.165) is 98.8 Å². The van der Waals surface area contributed by atoms with Crippen LogP contribution in [-0.4, -0.2) is 64.6 Å². The third kappa shape index (κ3) is 9.09. The van der Waals surface area contributed by atoms with E-state index in [9.17, 15) is 15.5 Å². The van der Waals surface area contributed by atoms with Gasteiger partial charge in [-0.05, 0) is 86.3 Å². The van der Waals surface area contributed by atoms with E-state index in [1.54, 1.807) is 12.3 Å². The van der Waals surface area contributed by atoms with Crippen LogP contribution in [0.4, 0.5) is 0 Å². The SMILES string of the molecule is N#Cc1cncc(COc2cc(O[C@H]3CCc4c(-c5cccc(OCCCN6CCC(O)CC6)c5Cl)cccc43)c(Cl)cc2CN[C@@H]2CCC[C@@H]2O)c1. The molecule has 4 aromatic rings. The summed E-state index contributed by atoms with van der Waals surface area (Å²) < 4.78 is 19.2. The van der Waals surface area contributed by atoms with Gasteiger partial charge in [0.05, 0.1) is 34.4 Å². The van der Waals surface area contributed by atoms with Gasteiger partial charge in [-0.15, -0.1) is 0 Å². The van der Waals surface area contributed by atoms with E-state index in [4.69, 9.17) is 37.4 Å². The molecule has 278 valence electrons. The normalized spacial score (nSPS) is 20.2. The number of fused-ring (bicyclic) bond motifs is 1. The summed E-state index contributed by atoms with van der Waals surface area (Å²) in [5.74, 6) is 1.80. The molecule has 0 spiro atoms. The Hall–Kier alpha value is -3.88. The van der Waals surface area contributed by atoms with E-state index in [0.29, 0.717) is 46.0 Å². The lowest BCUT2D eigenvalue weighted by Crippen LogP contribution is -2.36. The molecule has 0 radical (unpaired) electrons. The van der Waals surface area contributed by atoms with Crippen LogP contribution < -0.4 is 19.5 Å². The number of nitrogens with one attached hydrogen (secondary N) is 1. The fourth-order valence-corrected chi connectivity index (χ4v) is 8.25. The molecule has 1 aromatic heterocycles. The molecule has 2 fully saturated rings. The predicted octanol–water partition coefficient (Wildman–Crippen LogP) is 7.80. The number of hydrogen-bond donors (Lipinski definition) is 3. The summed E-state index contributed by atoms with van der Waals surface area (Å²) in [5.41, 5.74) is 6.37. The minimum atomic E-state index is -0.374. The summed E-state index contributed by atoms with van der Waals surface area (Å²) in [6, 6.07) is 19.8. The van der Waals surface area contributed by atoms with Gasteiger partial charge < -0.3 is 34.6 Å². The smallest absolute Gasteiger partial charge is 0.142 e. The third-order valence-electron chi connectivity index (χ3n) is 10.6. The van der Waals surface area contributed by atoms with Crippen molar-refractivity contribution in [3.63, 3.8) is 0 Å². The zero-order chi connectivity index (χ0) is 36.7. The Morgan fingerprint density at radius 2 is 1.74 bits per heavy atom. The van der Waals surface area contributed by atoms with Crippen molar-refractivity contribution in [3.8, 4) is 34.4 Å². The van der Waals surface area contributed by atoms with Crippen LogP contribution in [-0.2, 0) is 19.6 Å². The highest BCUT2D eigenvalue weighted by molar-refractivity contribution is 6.35. The quantitative estimate of drug-likeness (QED) is 0.111.